The second-order valence-corrected chi connectivity index (χ2v) is 4.49. The fourth-order valence-corrected chi connectivity index (χ4v) is 2.44. The molecule has 3 nitrogen and oxygen atoms in total. The first-order valence-corrected chi connectivity index (χ1v) is 6.40. The number of benzene rings is 1. The van der Waals surface area contributed by atoms with Crippen LogP contribution in [-0.2, 0) is 4.79 Å². The summed E-state index contributed by atoms with van der Waals surface area (Å²) in [6, 6.07) is 8.42. The summed E-state index contributed by atoms with van der Waals surface area (Å²) in [5, 5.41) is 6.26. The average molecular weight is 232 g/mol. The molecule has 0 saturated heterocycles. The Hall–Kier alpha value is -1.51. The van der Waals surface area contributed by atoms with Crippen molar-refractivity contribution in [2.75, 3.05) is 18.4 Å². The van der Waals surface area contributed by atoms with E-state index in [2.05, 4.69) is 34.9 Å². The molecule has 1 amide bonds. The quantitative estimate of drug-likeness (QED) is 0.837. The van der Waals surface area contributed by atoms with Gasteiger partial charge in [0.05, 0.1) is 0 Å². The largest absolute Gasteiger partial charge is 0.385 e. The molecule has 1 heterocycles. The van der Waals surface area contributed by atoms with E-state index in [-0.39, 0.29) is 5.91 Å². The lowest BCUT2D eigenvalue weighted by Gasteiger charge is -2.26. The standard InChI is InChI=1S/C14H20N2O/c1-2-15-14(17)8-7-11-9-10-16-13-6-4-3-5-12(11)13/h3-6,11,16H,2,7-10H2,1H3,(H,15,17)/t11-/m0/s1. The van der Waals surface area contributed by atoms with Gasteiger partial charge in [-0.05, 0) is 37.3 Å². The third kappa shape index (κ3) is 2.99. The lowest BCUT2D eigenvalue weighted by Crippen LogP contribution is -2.24. The van der Waals surface area contributed by atoms with Gasteiger partial charge in [-0.25, -0.2) is 0 Å². The predicted octanol–water partition coefficient (Wildman–Crippen LogP) is 2.50. The van der Waals surface area contributed by atoms with Gasteiger partial charge < -0.3 is 10.6 Å². The van der Waals surface area contributed by atoms with Crippen LogP contribution in [0.2, 0.25) is 0 Å². The molecule has 2 rings (SSSR count). The van der Waals surface area contributed by atoms with Gasteiger partial charge in [-0.2, -0.15) is 0 Å². The average Bonchev–Trinajstić information content (AvgIpc) is 2.36. The summed E-state index contributed by atoms with van der Waals surface area (Å²) >= 11 is 0. The number of amides is 1. The zero-order chi connectivity index (χ0) is 12.1. The minimum absolute atomic E-state index is 0.170. The van der Waals surface area contributed by atoms with Crippen molar-refractivity contribution in [2.24, 2.45) is 0 Å². The first-order valence-electron chi connectivity index (χ1n) is 6.40. The zero-order valence-electron chi connectivity index (χ0n) is 10.3. The molecule has 92 valence electrons. The van der Waals surface area contributed by atoms with E-state index in [9.17, 15) is 4.79 Å². The van der Waals surface area contributed by atoms with Gasteiger partial charge in [-0.1, -0.05) is 18.2 Å². The summed E-state index contributed by atoms with van der Waals surface area (Å²) in [5.74, 6) is 0.693. The highest BCUT2D eigenvalue weighted by Gasteiger charge is 2.19. The molecule has 0 saturated carbocycles. The molecule has 1 atom stereocenters. The maximum absolute atomic E-state index is 11.5. The van der Waals surface area contributed by atoms with Crippen molar-refractivity contribution < 1.29 is 4.79 Å². The van der Waals surface area contributed by atoms with E-state index < -0.39 is 0 Å². The van der Waals surface area contributed by atoms with Crippen molar-refractivity contribution in [3.63, 3.8) is 0 Å². The molecule has 17 heavy (non-hydrogen) atoms. The number of fused-ring (bicyclic) bond motifs is 1. The summed E-state index contributed by atoms with van der Waals surface area (Å²) in [6.07, 6.45) is 2.70. The molecule has 1 aliphatic rings. The van der Waals surface area contributed by atoms with E-state index in [1.807, 2.05) is 6.92 Å². The van der Waals surface area contributed by atoms with Gasteiger partial charge in [0.1, 0.15) is 0 Å². The van der Waals surface area contributed by atoms with Crippen LogP contribution in [0.15, 0.2) is 24.3 Å². The topological polar surface area (TPSA) is 41.1 Å². The molecular formula is C14H20N2O. The zero-order valence-corrected chi connectivity index (χ0v) is 10.3. The van der Waals surface area contributed by atoms with Gasteiger partial charge in [0.15, 0.2) is 0 Å². The molecule has 0 spiro atoms. The monoisotopic (exact) mass is 232 g/mol. The normalized spacial score (nSPS) is 18.1. The Bertz CT molecular complexity index is 390. The fourth-order valence-electron chi connectivity index (χ4n) is 2.44. The van der Waals surface area contributed by atoms with Crippen molar-refractivity contribution >= 4 is 11.6 Å². The third-order valence-corrected chi connectivity index (χ3v) is 3.30. The van der Waals surface area contributed by atoms with E-state index in [1.165, 1.54) is 11.3 Å². The van der Waals surface area contributed by atoms with Crippen LogP contribution in [0.5, 0.6) is 0 Å². The Morgan fingerprint density at radius 1 is 1.47 bits per heavy atom. The number of para-hydroxylation sites is 1. The van der Waals surface area contributed by atoms with Crippen molar-refractivity contribution in [3.05, 3.63) is 29.8 Å². The van der Waals surface area contributed by atoms with Crippen molar-refractivity contribution in [2.45, 2.75) is 32.1 Å². The first-order chi connectivity index (χ1) is 8.31. The van der Waals surface area contributed by atoms with Crippen LogP contribution in [0.4, 0.5) is 5.69 Å². The number of carbonyl (C=O) groups excluding carboxylic acids is 1. The molecule has 1 aromatic rings. The second-order valence-electron chi connectivity index (χ2n) is 4.49. The summed E-state index contributed by atoms with van der Waals surface area (Å²) in [6.45, 7) is 3.69. The maximum Gasteiger partial charge on any atom is 0.220 e. The Morgan fingerprint density at radius 3 is 3.12 bits per heavy atom. The number of hydrogen-bond donors (Lipinski definition) is 2. The Labute approximate surface area is 103 Å². The molecule has 0 aliphatic carbocycles. The number of nitrogens with one attached hydrogen (secondary N) is 2. The Kier molecular flexibility index (Phi) is 4.02. The molecule has 3 heteroatoms. The lowest BCUT2D eigenvalue weighted by atomic mass is 9.87. The maximum atomic E-state index is 11.5. The van der Waals surface area contributed by atoms with Crippen molar-refractivity contribution in [1.29, 1.82) is 0 Å². The van der Waals surface area contributed by atoms with Crippen LogP contribution in [0.25, 0.3) is 0 Å². The molecular weight excluding hydrogens is 212 g/mol. The Balaban J connectivity index is 1.97. The van der Waals surface area contributed by atoms with Crippen LogP contribution < -0.4 is 10.6 Å². The molecule has 1 aromatic carbocycles. The summed E-state index contributed by atoms with van der Waals surface area (Å²) in [4.78, 5) is 11.5. The molecule has 0 bridgehead atoms. The van der Waals surface area contributed by atoms with Crippen LogP contribution in [-0.4, -0.2) is 19.0 Å². The molecule has 0 unspecified atom stereocenters. The molecule has 0 aromatic heterocycles. The van der Waals surface area contributed by atoms with Gasteiger partial charge in [0.25, 0.3) is 0 Å². The fraction of sp³-hybridized carbons (Fsp3) is 0.500. The van der Waals surface area contributed by atoms with E-state index in [0.717, 1.165) is 25.9 Å². The summed E-state index contributed by atoms with van der Waals surface area (Å²) in [7, 11) is 0. The second kappa shape index (κ2) is 5.71. The van der Waals surface area contributed by atoms with Gasteiger partial charge in [-0.3, -0.25) is 4.79 Å². The van der Waals surface area contributed by atoms with Crippen LogP contribution in [0, 0.1) is 0 Å². The highest BCUT2D eigenvalue weighted by molar-refractivity contribution is 5.75. The number of rotatable bonds is 4. The van der Waals surface area contributed by atoms with Gasteiger partial charge >= 0.3 is 0 Å². The molecule has 2 N–H and O–H groups in total. The van der Waals surface area contributed by atoms with Crippen LogP contribution in [0.3, 0.4) is 0 Å². The minimum atomic E-state index is 0.170. The predicted molar refractivity (Wildman–Crippen MR) is 70.2 cm³/mol. The van der Waals surface area contributed by atoms with E-state index in [1.54, 1.807) is 0 Å². The molecule has 1 aliphatic heterocycles. The van der Waals surface area contributed by atoms with Gasteiger partial charge in [0, 0.05) is 25.2 Å². The number of anilines is 1. The smallest absolute Gasteiger partial charge is 0.220 e. The van der Waals surface area contributed by atoms with Crippen molar-refractivity contribution in [3.8, 4) is 0 Å². The lowest BCUT2D eigenvalue weighted by molar-refractivity contribution is -0.121. The van der Waals surface area contributed by atoms with E-state index in [4.69, 9.17) is 0 Å². The number of hydrogen-bond acceptors (Lipinski definition) is 2. The SMILES string of the molecule is CCNC(=O)CC[C@H]1CCNc2ccccc21. The van der Waals surface area contributed by atoms with Crippen molar-refractivity contribution in [1.82, 2.24) is 5.32 Å². The highest BCUT2D eigenvalue weighted by atomic mass is 16.1. The third-order valence-electron chi connectivity index (χ3n) is 3.30. The van der Waals surface area contributed by atoms with Gasteiger partial charge in [-0.15, -0.1) is 0 Å². The minimum Gasteiger partial charge on any atom is -0.385 e. The summed E-state index contributed by atoms with van der Waals surface area (Å²) < 4.78 is 0. The Morgan fingerprint density at radius 2 is 2.29 bits per heavy atom. The van der Waals surface area contributed by atoms with Crippen LogP contribution in [0.1, 0.15) is 37.7 Å². The van der Waals surface area contributed by atoms with E-state index in [0.29, 0.717) is 12.3 Å². The molecule has 0 radical (unpaired) electrons. The first kappa shape index (κ1) is 12.0. The summed E-state index contributed by atoms with van der Waals surface area (Å²) in [5.41, 5.74) is 2.60. The highest BCUT2D eigenvalue weighted by Crippen LogP contribution is 2.34. The van der Waals surface area contributed by atoms with Crippen LogP contribution >= 0.6 is 0 Å². The molecule has 0 fully saturated rings. The van der Waals surface area contributed by atoms with Gasteiger partial charge in [0.2, 0.25) is 5.91 Å². The van der Waals surface area contributed by atoms with E-state index >= 15 is 0 Å². The number of carbonyl (C=O) groups is 1.